The van der Waals surface area contributed by atoms with Gasteiger partial charge in [0.25, 0.3) is 0 Å². The number of hydrogen-bond donors (Lipinski definition) is 0. The van der Waals surface area contributed by atoms with E-state index in [-0.39, 0.29) is 15.0 Å². The van der Waals surface area contributed by atoms with Crippen LogP contribution in [0.5, 0.6) is 0 Å². The van der Waals surface area contributed by atoms with Crippen LogP contribution in [-0.2, 0) is 6.18 Å². The molecule has 0 aliphatic heterocycles. The maximum atomic E-state index is 13.2. The van der Waals surface area contributed by atoms with E-state index in [1.807, 2.05) is 0 Å². The smallest absolute Gasteiger partial charge is 0.243 e. The van der Waals surface area contributed by atoms with E-state index < -0.39 is 17.7 Å². The summed E-state index contributed by atoms with van der Waals surface area (Å²) in [7, 11) is 0. The molecule has 0 saturated heterocycles. The Morgan fingerprint density at radius 3 is 2.39 bits per heavy atom. The zero-order valence-electron chi connectivity index (χ0n) is 8.67. The lowest BCUT2D eigenvalue weighted by Crippen LogP contribution is -2.08. The van der Waals surface area contributed by atoms with Crippen LogP contribution in [0.15, 0.2) is 30.5 Å². The van der Waals surface area contributed by atoms with Gasteiger partial charge in [-0.25, -0.2) is 9.97 Å². The average molecular weight is 368 g/mol. The van der Waals surface area contributed by atoms with Crippen molar-refractivity contribution in [3.8, 4) is 11.3 Å². The van der Waals surface area contributed by atoms with Crippen LogP contribution in [0.4, 0.5) is 17.6 Å². The van der Waals surface area contributed by atoms with Gasteiger partial charge < -0.3 is 0 Å². The maximum absolute atomic E-state index is 13.2. The molecule has 94 valence electrons. The minimum Gasteiger partial charge on any atom is -0.243 e. The lowest BCUT2D eigenvalue weighted by molar-refractivity contribution is -0.137. The van der Waals surface area contributed by atoms with E-state index in [9.17, 15) is 17.6 Å². The topological polar surface area (TPSA) is 25.8 Å². The Morgan fingerprint density at radius 2 is 1.78 bits per heavy atom. The molecule has 0 N–H and O–H groups in total. The highest BCUT2D eigenvalue weighted by atomic mass is 127. The Bertz CT molecular complexity index is 583. The third-order valence-corrected chi connectivity index (χ3v) is 2.92. The number of benzene rings is 1. The van der Waals surface area contributed by atoms with Gasteiger partial charge in [-0.2, -0.15) is 17.6 Å². The van der Waals surface area contributed by atoms with Gasteiger partial charge in [-0.3, -0.25) is 0 Å². The van der Waals surface area contributed by atoms with Crippen molar-refractivity contribution >= 4 is 22.6 Å². The molecular weight excluding hydrogens is 363 g/mol. The molecule has 0 saturated carbocycles. The Hall–Kier alpha value is -1.25. The molecule has 18 heavy (non-hydrogen) atoms. The van der Waals surface area contributed by atoms with Crippen LogP contribution < -0.4 is 0 Å². The largest absolute Gasteiger partial charge is 0.417 e. The van der Waals surface area contributed by atoms with Gasteiger partial charge in [0, 0.05) is 5.56 Å². The van der Waals surface area contributed by atoms with Gasteiger partial charge in [-0.15, -0.1) is 0 Å². The highest BCUT2D eigenvalue weighted by Gasteiger charge is 2.33. The molecule has 1 aromatic heterocycles. The van der Waals surface area contributed by atoms with E-state index in [1.165, 1.54) is 18.2 Å². The second-order valence-electron chi connectivity index (χ2n) is 3.38. The second-order valence-corrected chi connectivity index (χ2v) is 4.40. The SMILES string of the molecule is Fc1nc(-c2ccccc2C(F)(F)F)cnc1I. The highest BCUT2D eigenvalue weighted by molar-refractivity contribution is 14.1. The van der Waals surface area contributed by atoms with E-state index >= 15 is 0 Å². The minimum atomic E-state index is -4.52. The number of nitrogens with zero attached hydrogens (tertiary/aromatic N) is 2. The first kappa shape index (κ1) is 13.2. The van der Waals surface area contributed by atoms with Crippen LogP contribution in [0.25, 0.3) is 11.3 Å². The normalized spacial score (nSPS) is 11.6. The summed E-state index contributed by atoms with van der Waals surface area (Å²) in [6.07, 6.45) is -3.40. The molecule has 7 heteroatoms. The lowest BCUT2D eigenvalue weighted by Gasteiger charge is -2.11. The molecular formula is C11H5F4IN2. The van der Waals surface area contributed by atoms with Crippen LogP contribution in [0.2, 0.25) is 0 Å². The summed E-state index contributed by atoms with van der Waals surface area (Å²) < 4.78 is 51.6. The predicted octanol–water partition coefficient (Wildman–Crippen LogP) is 3.91. The molecule has 1 heterocycles. The highest BCUT2D eigenvalue weighted by Crippen LogP contribution is 2.36. The first-order valence-electron chi connectivity index (χ1n) is 4.74. The molecule has 2 rings (SSSR count). The van der Waals surface area contributed by atoms with Crippen molar-refractivity contribution in [3.63, 3.8) is 0 Å². The second kappa shape index (κ2) is 4.79. The molecule has 0 aliphatic rings. The molecule has 0 unspecified atom stereocenters. The van der Waals surface area contributed by atoms with Gasteiger partial charge in [0.1, 0.15) is 0 Å². The van der Waals surface area contributed by atoms with Crippen molar-refractivity contribution in [2.75, 3.05) is 0 Å². The number of hydrogen-bond acceptors (Lipinski definition) is 2. The third-order valence-electron chi connectivity index (χ3n) is 2.20. The summed E-state index contributed by atoms with van der Waals surface area (Å²) in [5, 5.41) is 0. The fourth-order valence-corrected chi connectivity index (χ4v) is 1.70. The summed E-state index contributed by atoms with van der Waals surface area (Å²) in [5.74, 6) is -0.884. The zero-order chi connectivity index (χ0) is 13.3. The fourth-order valence-electron chi connectivity index (χ4n) is 1.44. The summed E-state index contributed by atoms with van der Waals surface area (Å²) >= 11 is 1.61. The first-order chi connectivity index (χ1) is 8.39. The molecule has 0 spiro atoms. The molecule has 2 nitrogen and oxygen atoms in total. The van der Waals surface area contributed by atoms with Crippen LogP contribution in [0.1, 0.15) is 5.56 Å². The summed E-state index contributed by atoms with van der Waals surface area (Å²) in [5.41, 5.74) is -1.19. The summed E-state index contributed by atoms with van der Waals surface area (Å²) in [4.78, 5) is 7.14. The number of aromatic nitrogens is 2. The number of alkyl halides is 3. The monoisotopic (exact) mass is 368 g/mol. The number of rotatable bonds is 1. The maximum Gasteiger partial charge on any atom is 0.417 e. The van der Waals surface area contributed by atoms with E-state index in [2.05, 4.69) is 9.97 Å². The van der Waals surface area contributed by atoms with Crippen LogP contribution in [0.3, 0.4) is 0 Å². The molecule has 0 amide bonds. The van der Waals surface area contributed by atoms with Gasteiger partial charge in [0.2, 0.25) is 5.95 Å². The predicted molar refractivity (Wildman–Crippen MR) is 65.1 cm³/mol. The molecule has 1 aromatic carbocycles. The third kappa shape index (κ3) is 2.60. The number of halogens is 5. The Morgan fingerprint density at radius 1 is 1.11 bits per heavy atom. The van der Waals surface area contributed by atoms with Gasteiger partial charge in [0.05, 0.1) is 17.5 Å². The van der Waals surface area contributed by atoms with Crippen molar-refractivity contribution in [1.82, 2.24) is 9.97 Å². The standard InChI is InChI=1S/C11H5F4IN2/c12-9-10(16)17-5-8(18-9)6-3-1-2-4-7(6)11(13,14)15/h1-5H. The zero-order valence-corrected chi connectivity index (χ0v) is 10.8. The molecule has 2 aromatic rings. The summed E-state index contributed by atoms with van der Waals surface area (Å²) in [6, 6.07) is 4.86. The summed E-state index contributed by atoms with van der Waals surface area (Å²) in [6.45, 7) is 0. The van der Waals surface area contributed by atoms with Gasteiger partial charge >= 0.3 is 6.18 Å². The van der Waals surface area contributed by atoms with E-state index in [0.29, 0.717) is 0 Å². The van der Waals surface area contributed by atoms with Crippen molar-refractivity contribution in [3.05, 3.63) is 45.7 Å². The van der Waals surface area contributed by atoms with E-state index in [4.69, 9.17) is 0 Å². The molecule has 0 aliphatic carbocycles. The van der Waals surface area contributed by atoms with E-state index in [1.54, 1.807) is 22.6 Å². The van der Waals surface area contributed by atoms with E-state index in [0.717, 1.165) is 12.3 Å². The van der Waals surface area contributed by atoms with Gasteiger partial charge in [-0.05, 0) is 28.7 Å². The van der Waals surface area contributed by atoms with Crippen LogP contribution in [0, 0.1) is 9.65 Å². The Balaban J connectivity index is 2.61. The first-order valence-corrected chi connectivity index (χ1v) is 5.82. The molecule has 0 bridgehead atoms. The minimum absolute atomic E-state index is 0.0147. The van der Waals surface area contributed by atoms with Crippen LogP contribution in [-0.4, -0.2) is 9.97 Å². The molecule has 0 atom stereocenters. The lowest BCUT2D eigenvalue weighted by atomic mass is 10.0. The Kier molecular flexibility index (Phi) is 3.51. The molecule has 0 fully saturated rings. The molecule has 0 radical (unpaired) electrons. The van der Waals surface area contributed by atoms with Gasteiger partial charge in [-0.1, -0.05) is 18.2 Å². The fraction of sp³-hybridized carbons (Fsp3) is 0.0909. The Labute approximate surface area is 113 Å². The van der Waals surface area contributed by atoms with Gasteiger partial charge in [0.15, 0.2) is 3.70 Å². The van der Waals surface area contributed by atoms with Crippen molar-refractivity contribution in [2.24, 2.45) is 0 Å². The van der Waals surface area contributed by atoms with Crippen molar-refractivity contribution in [2.45, 2.75) is 6.18 Å². The van der Waals surface area contributed by atoms with Crippen molar-refractivity contribution < 1.29 is 17.6 Å². The average Bonchev–Trinajstić information content (AvgIpc) is 2.32. The quantitative estimate of drug-likeness (QED) is 0.564. The van der Waals surface area contributed by atoms with Crippen molar-refractivity contribution in [1.29, 1.82) is 0 Å². The van der Waals surface area contributed by atoms with Crippen LogP contribution >= 0.6 is 22.6 Å².